The van der Waals surface area contributed by atoms with Crippen molar-refractivity contribution < 1.29 is 24.1 Å². The van der Waals surface area contributed by atoms with Crippen LogP contribution in [-0.2, 0) is 24.8 Å². The van der Waals surface area contributed by atoms with Crippen molar-refractivity contribution in [2.45, 2.75) is 61.5 Å². The van der Waals surface area contributed by atoms with Crippen LogP contribution in [0.2, 0.25) is 0 Å². The summed E-state index contributed by atoms with van der Waals surface area (Å²) in [6, 6.07) is 7.03. The number of hydrogen-bond acceptors (Lipinski definition) is 5. The van der Waals surface area contributed by atoms with Gasteiger partial charge in [0.1, 0.15) is 5.82 Å². The number of aromatic nitrogens is 1. The van der Waals surface area contributed by atoms with Crippen molar-refractivity contribution in [3.8, 4) is 11.5 Å². The van der Waals surface area contributed by atoms with E-state index in [0.717, 1.165) is 46.4 Å². The smallest absolute Gasteiger partial charge is 0.166 e. The van der Waals surface area contributed by atoms with Gasteiger partial charge in [0.15, 0.2) is 17.6 Å². The van der Waals surface area contributed by atoms with E-state index in [4.69, 9.17) is 9.47 Å². The highest BCUT2D eigenvalue weighted by atomic mass is 19.1. The Balaban J connectivity index is 1.48. The number of fused-ring (bicyclic) bond motifs is 4. The molecular formula is C29H29FN2O4. The summed E-state index contributed by atoms with van der Waals surface area (Å²) < 4.78 is 29.7. The number of methoxy groups -OCH3 is 1. The molecule has 4 heterocycles. The highest BCUT2D eigenvalue weighted by Gasteiger charge is 2.73. The van der Waals surface area contributed by atoms with Gasteiger partial charge in [-0.1, -0.05) is 12.1 Å². The fourth-order valence-electron chi connectivity index (χ4n) is 8.56. The number of nitrogens with zero attached hydrogens (tertiary/aromatic N) is 2. The molecule has 1 saturated heterocycles. The minimum Gasteiger partial charge on any atom is -0.493 e. The van der Waals surface area contributed by atoms with Crippen molar-refractivity contribution in [1.82, 2.24) is 9.47 Å². The molecule has 186 valence electrons. The van der Waals surface area contributed by atoms with Crippen LogP contribution in [0, 0.1) is 5.82 Å². The summed E-state index contributed by atoms with van der Waals surface area (Å²) >= 11 is 0. The number of halogens is 1. The van der Waals surface area contributed by atoms with Crippen LogP contribution < -0.4 is 9.47 Å². The maximum atomic E-state index is 14.9. The van der Waals surface area contributed by atoms with E-state index in [0.29, 0.717) is 43.7 Å². The maximum absolute atomic E-state index is 14.9. The van der Waals surface area contributed by atoms with E-state index >= 15 is 0 Å². The molecule has 2 N–H and O–H groups in total. The number of ether oxygens (including phenoxy) is 2. The molecule has 8 rings (SSSR count). The Kier molecular flexibility index (Phi) is 3.96. The molecule has 36 heavy (non-hydrogen) atoms. The van der Waals surface area contributed by atoms with Crippen LogP contribution in [0.4, 0.5) is 4.39 Å². The van der Waals surface area contributed by atoms with Gasteiger partial charge in [-0.05, 0) is 48.6 Å². The van der Waals surface area contributed by atoms with Crippen LogP contribution in [0.25, 0.3) is 10.9 Å². The molecule has 0 amide bonds. The van der Waals surface area contributed by atoms with Gasteiger partial charge in [-0.2, -0.15) is 0 Å². The molecule has 2 aliphatic carbocycles. The number of rotatable bonds is 3. The average Bonchev–Trinajstić information content (AvgIpc) is 3.35. The molecule has 3 aliphatic heterocycles. The van der Waals surface area contributed by atoms with Crippen molar-refractivity contribution >= 4 is 10.9 Å². The van der Waals surface area contributed by atoms with Crippen molar-refractivity contribution in [3.05, 3.63) is 70.7 Å². The van der Waals surface area contributed by atoms with E-state index in [1.807, 2.05) is 12.1 Å². The van der Waals surface area contributed by atoms with E-state index in [1.54, 1.807) is 13.2 Å². The fraction of sp³-hybridized carbons (Fsp3) is 0.448. The number of likely N-dealkylation sites (tertiary alicyclic amines) is 1. The largest absolute Gasteiger partial charge is 0.493 e. The second-order valence-electron chi connectivity index (χ2n) is 11.2. The standard InChI is InChI=1S/C29H29FN2O4/c1-3-8-31-10-7-28-23-15-4-5-21(35-2)26(23)36-27(28)25-19(14-29(28,34)22(31)11-15)17-12-16(30)13-18-20(33)6-9-32(25)24(17)18/h3-5,12-13,20,22,27,33-34H,1,6-11,14H2,2H3/t20-,22-,27-,28-,29+/m0/s1. The summed E-state index contributed by atoms with van der Waals surface area (Å²) in [5, 5.41) is 24.5. The normalized spacial score (nSPS) is 33.2. The van der Waals surface area contributed by atoms with Gasteiger partial charge in [-0.3, -0.25) is 4.90 Å². The van der Waals surface area contributed by atoms with Gasteiger partial charge in [-0.25, -0.2) is 4.39 Å². The molecule has 3 aromatic rings. The summed E-state index contributed by atoms with van der Waals surface area (Å²) in [5.41, 5.74) is 4.05. The van der Waals surface area contributed by atoms with Gasteiger partial charge >= 0.3 is 0 Å². The number of aryl methyl sites for hydroxylation is 1. The monoisotopic (exact) mass is 488 g/mol. The first-order valence-corrected chi connectivity index (χ1v) is 12.9. The molecule has 5 aliphatic rings. The van der Waals surface area contributed by atoms with Crippen LogP contribution in [0.1, 0.15) is 53.0 Å². The zero-order valence-corrected chi connectivity index (χ0v) is 20.3. The van der Waals surface area contributed by atoms with Gasteiger partial charge in [0.05, 0.1) is 35.4 Å². The Morgan fingerprint density at radius 3 is 2.97 bits per heavy atom. The lowest BCUT2D eigenvalue weighted by Gasteiger charge is -2.62. The summed E-state index contributed by atoms with van der Waals surface area (Å²) in [5.74, 6) is 1.06. The molecule has 0 saturated carbocycles. The molecule has 0 unspecified atom stereocenters. The van der Waals surface area contributed by atoms with Crippen molar-refractivity contribution in [2.24, 2.45) is 0 Å². The molecule has 0 radical (unpaired) electrons. The number of piperidine rings is 1. The van der Waals surface area contributed by atoms with Crippen molar-refractivity contribution in [1.29, 1.82) is 0 Å². The number of hydrogen-bond donors (Lipinski definition) is 2. The Bertz CT molecular complexity index is 1500. The van der Waals surface area contributed by atoms with E-state index in [-0.39, 0.29) is 11.9 Å². The van der Waals surface area contributed by atoms with Crippen molar-refractivity contribution in [3.63, 3.8) is 0 Å². The highest BCUT2D eigenvalue weighted by molar-refractivity contribution is 5.90. The van der Waals surface area contributed by atoms with Crippen LogP contribution in [0.15, 0.2) is 36.9 Å². The Labute approximate surface area is 208 Å². The minimum atomic E-state index is -1.10. The second-order valence-corrected chi connectivity index (χ2v) is 11.2. The van der Waals surface area contributed by atoms with Gasteiger partial charge in [-0.15, -0.1) is 6.58 Å². The molecule has 1 spiro atoms. The molecule has 1 aromatic heterocycles. The third-order valence-electron chi connectivity index (χ3n) is 9.87. The van der Waals surface area contributed by atoms with Crippen LogP contribution in [0.5, 0.6) is 11.5 Å². The van der Waals surface area contributed by atoms with Gasteiger partial charge < -0.3 is 24.3 Å². The van der Waals surface area contributed by atoms with E-state index in [2.05, 4.69) is 22.1 Å². The Hall–Kier alpha value is -2.87. The summed E-state index contributed by atoms with van der Waals surface area (Å²) in [7, 11) is 1.66. The topological polar surface area (TPSA) is 67.1 Å². The SMILES string of the molecule is C=CCN1CC[C@]23c4c5ccc(OC)c4O[C@H]2c2c(c4cc(F)cc6c4n2CC[C@@H]6O)C[C@@]3(O)[C@@H]1C5. The lowest BCUT2D eigenvalue weighted by atomic mass is 9.49. The van der Waals surface area contributed by atoms with E-state index in [1.165, 1.54) is 11.6 Å². The fourth-order valence-corrected chi connectivity index (χ4v) is 8.56. The molecule has 7 heteroatoms. The van der Waals surface area contributed by atoms with Gasteiger partial charge in [0.25, 0.3) is 0 Å². The quantitative estimate of drug-likeness (QED) is 0.551. The molecular weight excluding hydrogens is 459 g/mol. The number of benzene rings is 2. The average molecular weight is 489 g/mol. The molecule has 2 aromatic carbocycles. The van der Waals surface area contributed by atoms with Crippen LogP contribution in [0.3, 0.4) is 0 Å². The predicted octanol–water partition coefficient (Wildman–Crippen LogP) is 3.70. The van der Waals surface area contributed by atoms with Gasteiger partial charge in [0, 0.05) is 48.6 Å². The first-order valence-electron chi connectivity index (χ1n) is 12.9. The summed E-state index contributed by atoms with van der Waals surface area (Å²) in [4.78, 5) is 2.35. The number of aliphatic hydroxyl groups is 2. The van der Waals surface area contributed by atoms with Gasteiger partial charge in [0.2, 0.25) is 0 Å². The van der Waals surface area contributed by atoms with E-state index < -0.39 is 23.2 Å². The van der Waals surface area contributed by atoms with Crippen LogP contribution >= 0.6 is 0 Å². The zero-order chi connectivity index (χ0) is 24.6. The Morgan fingerprint density at radius 1 is 1.31 bits per heavy atom. The highest BCUT2D eigenvalue weighted by Crippen LogP contribution is 2.69. The lowest BCUT2D eigenvalue weighted by Crippen LogP contribution is -2.74. The predicted molar refractivity (Wildman–Crippen MR) is 132 cm³/mol. The first-order chi connectivity index (χ1) is 17.4. The maximum Gasteiger partial charge on any atom is 0.166 e. The van der Waals surface area contributed by atoms with E-state index in [9.17, 15) is 14.6 Å². The molecule has 1 fully saturated rings. The first kappa shape index (κ1) is 21.2. The minimum absolute atomic E-state index is 0.113. The molecule has 6 nitrogen and oxygen atoms in total. The third-order valence-corrected chi connectivity index (χ3v) is 9.87. The number of aliphatic hydroxyl groups excluding tert-OH is 1. The molecule has 5 atom stereocenters. The van der Waals surface area contributed by atoms with Crippen molar-refractivity contribution in [2.75, 3.05) is 20.2 Å². The Morgan fingerprint density at radius 2 is 2.17 bits per heavy atom. The van der Waals surface area contributed by atoms with Crippen LogP contribution in [-0.4, -0.2) is 51.5 Å². The third kappa shape index (κ3) is 2.17. The summed E-state index contributed by atoms with van der Waals surface area (Å²) in [6.45, 7) is 6.14. The summed E-state index contributed by atoms with van der Waals surface area (Å²) in [6.07, 6.45) is 3.18. The lowest BCUT2D eigenvalue weighted by molar-refractivity contribution is -0.171. The second kappa shape index (κ2) is 6.71. The molecule has 2 bridgehead atoms. The zero-order valence-electron chi connectivity index (χ0n) is 20.3.